The average Bonchev–Trinajstić information content (AvgIpc) is 3.08. The molecule has 1 saturated heterocycles. The zero-order valence-electron chi connectivity index (χ0n) is 14.0. The molecule has 0 radical (unpaired) electrons. The number of rotatable bonds is 5. The van der Waals surface area contributed by atoms with Crippen molar-refractivity contribution in [3.05, 3.63) is 36.3 Å². The predicted molar refractivity (Wildman–Crippen MR) is 88.5 cm³/mol. The molecule has 0 unspecified atom stereocenters. The second-order valence-electron chi connectivity index (χ2n) is 5.56. The number of aryl methyl sites for hydroxylation is 1. The van der Waals surface area contributed by atoms with E-state index < -0.39 is 0 Å². The Kier molecular flexibility index (Phi) is 5.05. The molecule has 8 heteroatoms. The van der Waals surface area contributed by atoms with Gasteiger partial charge >= 0.3 is 0 Å². The standard InChI is InChI=1S/C16H22N6O2/c1-3-13-18-6-7-21(13)11-14(23)22-8-9-24-12(10-22)15-16(17-2)20-5-4-19-15/h4-7,12H,3,8-11H2,1-2H3,(H,17,20)/t12-/m0/s1. The minimum absolute atomic E-state index is 0.0610. The Hall–Kier alpha value is -2.48. The van der Waals surface area contributed by atoms with Crippen LogP contribution in [0.15, 0.2) is 24.8 Å². The number of carbonyl (C=O) groups excluding carboxylic acids is 1. The van der Waals surface area contributed by atoms with Gasteiger partial charge in [0, 0.05) is 44.8 Å². The van der Waals surface area contributed by atoms with E-state index in [1.54, 1.807) is 25.6 Å². The third-order valence-corrected chi connectivity index (χ3v) is 4.11. The number of nitrogens with zero attached hydrogens (tertiary/aromatic N) is 5. The number of ether oxygens (including phenoxy) is 1. The van der Waals surface area contributed by atoms with E-state index in [2.05, 4.69) is 20.3 Å². The summed E-state index contributed by atoms with van der Waals surface area (Å²) in [6.45, 7) is 3.88. The topological polar surface area (TPSA) is 85.2 Å². The van der Waals surface area contributed by atoms with E-state index in [1.807, 2.05) is 22.6 Å². The van der Waals surface area contributed by atoms with Gasteiger partial charge in [-0.2, -0.15) is 0 Å². The Morgan fingerprint density at radius 2 is 2.17 bits per heavy atom. The molecule has 8 nitrogen and oxygen atoms in total. The van der Waals surface area contributed by atoms with Crippen molar-refractivity contribution in [2.75, 3.05) is 32.1 Å². The molecule has 2 aromatic heterocycles. The first kappa shape index (κ1) is 16.4. The van der Waals surface area contributed by atoms with Crippen molar-refractivity contribution in [2.45, 2.75) is 26.0 Å². The highest BCUT2D eigenvalue weighted by Crippen LogP contribution is 2.25. The molecule has 1 fully saturated rings. The second kappa shape index (κ2) is 7.39. The molecule has 3 rings (SSSR count). The third kappa shape index (κ3) is 3.38. The van der Waals surface area contributed by atoms with Crippen molar-refractivity contribution in [1.82, 2.24) is 24.4 Å². The Labute approximate surface area is 140 Å². The molecular formula is C16H22N6O2. The Balaban J connectivity index is 1.70. The van der Waals surface area contributed by atoms with Crippen molar-refractivity contribution >= 4 is 11.7 Å². The molecule has 1 N–H and O–H groups in total. The van der Waals surface area contributed by atoms with Gasteiger partial charge in [-0.05, 0) is 0 Å². The number of imidazole rings is 1. The van der Waals surface area contributed by atoms with Crippen LogP contribution in [0, 0.1) is 0 Å². The highest BCUT2D eigenvalue weighted by molar-refractivity contribution is 5.76. The summed E-state index contributed by atoms with van der Waals surface area (Å²) >= 11 is 0. The van der Waals surface area contributed by atoms with E-state index in [9.17, 15) is 4.79 Å². The maximum absolute atomic E-state index is 12.6. The van der Waals surface area contributed by atoms with Crippen molar-refractivity contribution in [3.8, 4) is 0 Å². The van der Waals surface area contributed by atoms with Gasteiger partial charge in [0.05, 0.1) is 13.2 Å². The molecule has 0 saturated carbocycles. The molecule has 128 valence electrons. The van der Waals surface area contributed by atoms with Crippen LogP contribution in [0.1, 0.15) is 24.5 Å². The summed E-state index contributed by atoms with van der Waals surface area (Å²) in [6, 6.07) is 0. The lowest BCUT2D eigenvalue weighted by Crippen LogP contribution is -2.44. The van der Waals surface area contributed by atoms with Gasteiger partial charge in [0.2, 0.25) is 5.91 Å². The predicted octanol–water partition coefficient (Wildman–Crippen LogP) is 0.877. The maximum atomic E-state index is 12.6. The fourth-order valence-electron chi connectivity index (χ4n) is 2.86. The van der Waals surface area contributed by atoms with E-state index in [0.29, 0.717) is 32.1 Å². The van der Waals surface area contributed by atoms with Crippen LogP contribution in [0.5, 0.6) is 0 Å². The largest absolute Gasteiger partial charge is 0.372 e. The third-order valence-electron chi connectivity index (χ3n) is 4.11. The Morgan fingerprint density at radius 1 is 1.33 bits per heavy atom. The lowest BCUT2D eigenvalue weighted by molar-refractivity contribution is -0.139. The normalized spacial score (nSPS) is 17.8. The molecule has 1 atom stereocenters. The monoisotopic (exact) mass is 330 g/mol. The molecular weight excluding hydrogens is 308 g/mol. The van der Waals surface area contributed by atoms with Crippen molar-refractivity contribution in [1.29, 1.82) is 0 Å². The van der Waals surface area contributed by atoms with Crippen LogP contribution in [-0.4, -0.2) is 57.1 Å². The summed E-state index contributed by atoms with van der Waals surface area (Å²) in [5.74, 6) is 1.66. The van der Waals surface area contributed by atoms with Crippen LogP contribution < -0.4 is 5.32 Å². The molecule has 1 aliphatic heterocycles. The summed E-state index contributed by atoms with van der Waals surface area (Å²) in [5, 5.41) is 3.02. The smallest absolute Gasteiger partial charge is 0.242 e. The lowest BCUT2D eigenvalue weighted by atomic mass is 10.2. The summed E-state index contributed by atoms with van der Waals surface area (Å²) in [7, 11) is 1.80. The van der Waals surface area contributed by atoms with E-state index in [4.69, 9.17) is 4.74 Å². The number of hydrogen-bond donors (Lipinski definition) is 1. The number of morpholine rings is 1. The SMILES string of the molecule is CCc1nccn1CC(=O)N1CCO[C@H](c2nccnc2NC)C1. The van der Waals surface area contributed by atoms with Gasteiger partial charge < -0.3 is 19.5 Å². The summed E-state index contributed by atoms with van der Waals surface area (Å²) in [5.41, 5.74) is 0.731. The van der Waals surface area contributed by atoms with Crippen molar-refractivity contribution in [3.63, 3.8) is 0 Å². The van der Waals surface area contributed by atoms with Gasteiger partial charge in [0.15, 0.2) is 0 Å². The van der Waals surface area contributed by atoms with Gasteiger partial charge in [0.25, 0.3) is 0 Å². The van der Waals surface area contributed by atoms with E-state index in [1.165, 1.54) is 0 Å². The van der Waals surface area contributed by atoms with Crippen molar-refractivity contribution in [2.24, 2.45) is 0 Å². The van der Waals surface area contributed by atoms with E-state index in [0.717, 1.165) is 17.9 Å². The van der Waals surface area contributed by atoms with Crippen LogP contribution >= 0.6 is 0 Å². The molecule has 3 heterocycles. The average molecular weight is 330 g/mol. The molecule has 2 aromatic rings. The first-order chi connectivity index (χ1) is 11.7. The van der Waals surface area contributed by atoms with E-state index in [-0.39, 0.29) is 12.0 Å². The summed E-state index contributed by atoms with van der Waals surface area (Å²) in [6.07, 6.45) is 7.37. The molecule has 0 bridgehead atoms. The first-order valence-corrected chi connectivity index (χ1v) is 8.11. The number of amides is 1. The number of nitrogens with one attached hydrogen (secondary N) is 1. The molecule has 24 heavy (non-hydrogen) atoms. The quantitative estimate of drug-likeness (QED) is 0.876. The molecule has 1 amide bonds. The van der Waals surface area contributed by atoms with Crippen LogP contribution in [0.3, 0.4) is 0 Å². The van der Waals surface area contributed by atoms with Crippen LogP contribution in [0.2, 0.25) is 0 Å². The molecule has 1 aliphatic rings. The highest BCUT2D eigenvalue weighted by atomic mass is 16.5. The van der Waals surface area contributed by atoms with Gasteiger partial charge in [-0.15, -0.1) is 0 Å². The molecule has 0 aliphatic carbocycles. The summed E-state index contributed by atoms with van der Waals surface area (Å²) in [4.78, 5) is 27.3. The minimum Gasteiger partial charge on any atom is -0.372 e. The maximum Gasteiger partial charge on any atom is 0.242 e. The highest BCUT2D eigenvalue weighted by Gasteiger charge is 2.28. The Morgan fingerprint density at radius 3 is 2.96 bits per heavy atom. The van der Waals surface area contributed by atoms with Crippen LogP contribution in [0.25, 0.3) is 0 Å². The van der Waals surface area contributed by atoms with E-state index >= 15 is 0 Å². The summed E-state index contributed by atoms with van der Waals surface area (Å²) < 4.78 is 7.71. The molecule has 0 spiro atoms. The number of aromatic nitrogens is 4. The zero-order chi connectivity index (χ0) is 16.9. The number of carbonyl (C=O) groups is 1. The van der Waals surface area contributed by atoms with Crippen LogP contribution in [-0.2, 0) is 22.5 Å². The van der Waals surface area contributed by atoms with Gasteiger partial charge in [-0.25, -0.2) is 9.97 Å². The van der Waals surface area contributed by atoms with Crippen molar-refractivity contribution < 1.29 is 9.53 Å². The fraction of sp³-hybridized carbons (Fsp3) is 0.500. The van der Waals surface area contributed by atoms with Gasteiger partial charge in [-0.1, -0.05) is 6.92 Å². The fourth-order valence-corrected chi connectivity index (χ4v) is 2.86. The van der Waals surface area contributed by atoms with Crippen LogP contribution in [0.4, 0.5) is 5.82 Å². The number of hydrogen-bond acceptors (Lipinski definition) is 6. The zero-order valence-corrected chi connectivity index (χ0v) is 14.0. The Bertz CT molecular complexity index is 701. The number of anilines is 1. The minimum atomic E-state index is -0.271. The lowest BCUT2D eigenvalue weighted by Gasteiger charge is -2.33. The van der Waals surface area contributed by atoms with Gasteiger partial charge in [0.1, 0.15) is 30.0 Å². The molecule has 0 aromatic carbocycles. The second-order valence-corrected chi connectivity index (χ2v) is 5.56. The first-order valence-electron chi connectivity index (χ1n) is 8.11. The van der Waals surface area contributed by atoms with Gasteiger partial charge in [-0.3, -0.25) is 9.78 Å².